The molecule has 0 spiro atoms. The smallest absolute Gasteiger partial charge is 0.329 e. The number of unbranched alkanes of at least 4 members (excludes halogenated alkanes) is 1. The third-order valence-corrected chi connectivity index (χ3v) is 5.88. The number of aromatic nitrogens is 4. The summed E-state index contributed by atoms with van der Waals surface area (Å²) in [6.07, 6.45) is 9.67. The molecule has 0 radical (unpaired) electrons. The van der Waals surface area contributed by atoms with Crippen LogP contribution in [0, 0.1) is 12.1 Å². The summed E-state index contributed by atoms with van der Waals surface area (Å²) in [4.78, 5) is 0. The fourth-order valence-corrected chi connectivity index (χ4v) is 4.06. The Kier molecular flexibility index (Phi) is 8.94. The summed E-state index contributed by atoms with van der Waals surface area (Å²) >= 11 is 0. The summed E-state index contributed by atoms with van der Waals surface area (Å²) in [6, 6.07) is 25.8. The standard InChI is InChI=1S/C28H31N4.Li/c1-4-7-12-22-13-10-14-23(19-22)27-21-32(30-29-27)26-16-11-15-24(20-26)28-17-8-9-18-31(28)25(5-2)6-3;/h8-11,13-14,16-21H,4-7,12H2,1-3H3;/q-1;+1. The molecule has 33 heavy (non-hydrogen) atoms. The zero-order valence-corrected chi connectivity index (χ0v) is 20.3. The molecule has 2 heterocycles. The molecule has 0 atom stereocenters. The van der Waals surface area contributed by atoms with Crippen molar-refractivity contribution in [2.75, 3.05) is 0 Å². The molecule has 0 saturated heterocycles. The molecule has 0 unspecified atom stereocenters. The van der Waals surface area contributed by atoms with Gasteiger partial charge in [-0.2, -0.15) is 0 Å². The van der Waals surface area contributed by atoms with Crippen LogP contribution in [-0.2, 0) is 6.42 Å². The third-order valence-electron chi connectivity index (χ3n) is 5.88. The summed E-state index contributed by atoms with van der Waals surface area (Å²) in [5.41, 5.74) is 6.50. The molecule has 5 heteroatoms. The molecule has 0 fully saturated rings. The minimum atomic E-state index is 0. The Morgan fingerprint density at radius 3 is 2.64 bits per heavy atom. The van der Waals surface area contributed by atoms with E-state index in [0.29, 0.717) is 0 Å². The van der Waals surface area contributed by atoms with E-state index in [9.17, 15) is 0 Å². The molecular weight excluding hydrogens is 399 g/mol. The van der Waals surface area contributed by atoms with E-state index in [-0.39, 0.29) is 18.9 Å². The molecule has 0 amide bonds. The fraction of sp³-hybridized carbons (Fsp3) is 0.286. The minimum absolute atomic E-state index is 0. The van der Waals surface area contributed by atoms with Crippen molar-refractivity contribution >= 4 is 0 Å². The van der Waals surface area contributed by atoms with Gasteiger partial charge in [0.2, 0.25) is 0 Å². The Balaban J connectivity index is 0.00000306. The Morgan fingerprint density at radius 1 is 1.00 bits per heavy atom. The van der Waals surface area contributed by atoms with Gasteiger partial charge in [0.25, 0.3) is 0 Å². The average molecular weight is 431 g/mol. The Morgan fingerprint density at radius 2 is 1.85 bits per heavy atom. The van der Waals surface area contributed by atoms with Crippen molar-refractivity contribution in [1.82, 2.24) is 15.0 Å². The van der Waals surface area contributed by atoms with Crippen LogP contribution in [-0.4, -0.2) is 15.0 Å². The molecule has 0 saturated carbocycles. The van der Waals surface area contributed by atoms with E-state index in [1.807, 2.05) is 23.0 Å². The topological polar surface area (TPSA) is 34.6 Å². The van der Waals surface area contributed by atoms with Crippen molar-refractivity contribution in [3.8, 4) is 28.2 Å². The molecule has 0 aliphatic rings. The van der Waals surface area contributed by atoms with Gasteiger partial charge in [-0.1, -0.05) is 68.3 Å². The maximum absolute atomic E-state index is 4.45. The van der Waals surface area contributed by atoms with Crippen LogP contribution in [0.15, 0.2) is 73.1 Å². The SMILES string of the molecule is CCCCc1cccc(-c2cn(-c3cc[c-]c(-c4cccc[n+]4[C-](CC)CC)c3)nn2)c1.[Li+]. The molecule has 4 rings (SSSR count). The van der Waals surface area contributed by atoms with Crippen LogP contribution in [0.4, 0.5) is 0 Å². The van der Waals surface area contributed by atoms with Crippen molar-refractivity contribution in [2.24, 2.45) is 0 Å². The van der Waals surface area contributed by atoms with Crippen molar-refractivity contribution in [3.63, 3.8) is 0 Å². The Bertz CT molecular complexity index is 1160. The molecule has 0 bridgehead atoms. The molecular formula is C28H31LiN4. The summed E-state index contributed by atoms with van der Waals surface area (Å²) in [5.74, 6) is 0. The van der Waals surface area contributed by atoms with E-state index in [0.717, 1.165) is 47.5 Å². The molecule has 4 nitrogen and oxygen atoms in total. The van der Waals surface area contributed by atoms with E-state index in [1.54, 1.807) is 0 Å². The fourth-order valence-electron chi connectivity index (χ4n) is 4.06. The van der Waals surface area contributed by atoms with Crippen LogP contribution in [0.1, 0.15) is 52.0 Å². The van der Waals surface area contributed by atoms with Crippen molar-refractivity contribution in [3.05, 3.63) is 90.7 Å². The van der Waals surface area contributed by atoms with Gasteiger partial charge in [0, 0.05) is 5.56 Å². The van der Waals surface area contributed by atoms with Crippen molar-refractivity contribution < 1.29 is 23.4 Å². The first-order valence-corrected chi connectivity index (χ1v) is 11.6. The van der Waals surface area contributed by atoms with Crippen molar-refractivity contribution in [2.45, 2.75) is 52.9 Å². The predicted molar refractivity (Wildman–Crippen MR) is 129 cm³/mol. The van der Waals surface area contributed by atoms with Crippen LogP contribution < -0.4 is 23.4 Å². The van der Waals surface area contributed by atoms with Gasteiger partial charge in [0.05, 0.1) is 24.1 Å². The Labute approximate surface area is 209 Å². The summed E-state index contributed by atoms with van der Waals surface area (Å²) in [5, 5.41) is 8.87. The van der Waals surface area contributed by atoms with Crippen LogP contribution in [0.2, 0.25) is 0 Å². The van der Waals surface area contributed by atoms with Crippen molar-refractivity contribution in [1.29, 1.82) is 0 Å². The number of rotatable bonds is 9. The van der Waals surface area contributed by atoms with Gasteiger partial charge in [0.15, 0.2) is 0 Å². The number of aryl methyl sites for hydroxylation is 1. The first kappa shape index (κ1) is 24.8. The largest absolute Gasteiger partial charge is 1.00 e. The molecule has 164 valence electrons. The van der Waals surface area contributed by atoms with E-state index in [2.05, 4.69) is 96.4 Å². The van der Waals surface area contributed by atoms with Gasteiger partial charge < -0.3 is 4.57 Å². The molecule has 2 aromatic heterocycles. The predicted octanol–water partition coefficient (Wildman–Crippen LogP) is 3.24. The normalized spacial score (nSPS) is 10.6. The quantitative estimate of drug-likeness (QED) is 0.232. The monoisotopic (exact) mass is 430 g/mol. The van der Waals surface area contributed by atoms with Crippen LogP contribution in [0.3, 0.4) is 0 Å². The van der Waals surface area contributed by atoms with E-state index in [1.165, 1.54) is 24.4 Å². The van der Waals surface area contributed by atoms with Gasteiger partial charge in [0.1, 0.15) is 5.69 Å². The second kappa shape index (κ2) is 11.9. The van der Waals surface area contributed by atoms with Gasteiger partial charge in [-0.05, 0) is 49.1 Å². The molecule has 2 aromatic carbocycles. The summed E-state index contributed by atoms with van der Waals surface area (Å²) in [6.45, 7) is 6.63. The van der Waals surface area contributed by atoms with Gasteiger partial charge in [-0.15, -0.1) is 29.4 Å². The zero-order valence-electron chi connectivity index (χ0n) is 20.3. The summed E-state index contributed by atoms with van der Waals surface area (Å²) < 4.78 is 4.13. The number of hydrogen-bond donors (Lipinski definition) is 0. The van der Waals surface area contributed by atoms with Crippen LogP contribution in [0.25, 0.3) is 28.2 Å². The van der Waals surface area contributed by atoms with Crippen LogP contribution in [0.5, 0.6) is 0 Å². The number of pyridine rings is 1. The van der Waals surface area contributed by atoms with E-state index >= 15 is 0 Å². The number of hydrogen-bond acceptors (Lipinski definition) is 2. The van der Waals surface area contributed by atoms with Crippen LogP contribution >= 0.6 is 0 Å². The molecule has 4 aromatic rings. The maximum Gasteiger partial charge on any atom is 1.00 e. The second-order valence-corrected chi connectivity index (χ2v) is 8.04. The zero-order chi connectivity index (χ0) is 22.3. The summed E-state index contributed by atoms with van der Waals surface area (Å²) in [7, 11) is 0. The minimum Gasteiger partial charge on any atom is -0.329 e. The first-order chi connectivity index (χ1) is 15.7. The average Bonchev–Trinajstić information content (AvgIpc) is 3.35. The first-order valence-electron chi connectivity index (χ1n) is 11.6. The van der Waals surface area contributed by atoms with Gasteiger partial charge in [-0.25, -0.2) is 4.68 Å². The molecule has 0 aliphatic heterocycles. The van der Waals surface area contributed by atoms with Gasteiger partial charge in [-0.3, -0.25) is 0 Å². The third kappa shape index (κ3) is 5.77. The maximum atomic E-state index is 4.45. The second-order valence-electron chi connectivity index (χ2n) is 8.04. The van der Waals surface area contributed by atoms with E-state index in [4.69, 9.17) is 0 Å². The molecule has 0 aliphatic carbocycles. The number of benzene rings is 2. The molecule has 0 N–H and O–H groups in total. The van der Waals surface area contributed by atoms with E-state index < -0.39 is 0 Å². The van der Waals surface area contributed by atoms with Gasteiger partial charge >= 0.3 is 18.9 Å². The number of nitrogens with zero attached hydrogens (tertiary/aromatic N) is 4. The Hall–Kier alpha value is -2.80.